The van der Waals surface area contributed by atoms with Gasteiger partial charge in [-0.2, -0.15) is 0 Å². The fraction of sp³-hybridized carbons (Fsp3) is 0.316. The van der Waals surface area contributed by atoms with Gasteiger partial charge in [0, 0.05) is 20.1 Å². The van der Waals surface area contributed by atoms with Crippen LogP contribution in [0.5, 0.6) is 11.5 Å². The highest BCUT2D eigenvalue weighted by atomic mass is 19.1. The summed E-state index contributed by atoms with van der Waals surface area (Å²) in [5, 5.41) is 2.87. The molecule has 0 aliphatic rings. The fourth-order valence-electron chi connectivity index (χ4n) is 2.42. The maximum Gasteiger partial charge on any atom is 0.317 e. The number of amides is 2. The van der Waals surface area contributed by atoms with E-state index in [1.165, 1.54) is 12.1 Å². The van der Waals surface area contributed by atoms with Gasteiger partial charge in [0.1, 0.15) is 5.82 Å². The molecule has 5 nitrogen and oxygen atoms in total. The summed E-state index contributed by atoms with van der Waals surface area (Å²) in [6.07, 6.45) is 0.677. The summed E-state index contributed by atoms with van der Waals surface area (Å²) in [5.41, 5.74) is 1.91. The molecule has 0 spiro atoms. The Morgan fingerprint density at radius 3 is 2.32 bits per heavy atom. The average Bonchev–Trinajstić information content (AvgIpc) is 2.63. The van der Waals surface area contributed by atoms with Gasteiger partial charge in [-0.05, 0) is 41.8 Å². The first-order valence-corrected chi connectivity index (χ1v) is 7.97. The Morgan fingerprint density at radius 2 is 1.68 bits per heavy atom. The van der Waals surface area contributed by atoms with Crippen LogP contribution in [0.25, 0.3) is 0 Å². The van der Waals surface area contributed by atoms with Gasteiger partial charge >= 0.3 is 6.03 Å². The molecule has 0 saturated heterocycles. The lowest BCUT2D eigenvalue weighted by atomic mass is 10.1. The number of benzene rings is 2. The molecule has 2 aromatic rings. The molecular weight excluding hydrogens is 323 g/mol. The van der Waals surface area contributed by atoms with Crippen LogP contribution in [0.2, 0.25) is 0 Å². The summed E-state index contributed by atoms with van der Waals surface area (Å²) in [6.45, 7) is 0.921. The van der Waals surface area contributed by atoms with E-state index in [2.05, 4.69) is 5.32 Å². The van der Waals surface area contributed by atoms with Crippen molar-refractivity contribution >= 4 is 6.03 Å². The number of rotatable bonds is 7. The zero-order valence-corrected chi connectivity index (χ0v) is 14.7. The molecule has 0 heterocycles. The fourth-order valence-corrected chi connectivity index (χ4v) is 2.42. The maximum absolute atomic E-state index is 12.9. The Kier molecular flexibility index (Phi) is 6.62. The van der Waals surface area contributed by atoms with E-state index in [0.29, 0.717) is 31.0 Å². The van der Waals surface area contributed by atoms with E-state index in [9.17, 15) is 9.18 Å². The summed E-state index contributed by atoms with van der Waals surface area (Å²) >= 11 is 0. The second kappa shape index (κ2) is 8.92. The highest BCUT2D eigenvalue weighted by molar-refractivity contribution is 5.73. The number of hydrogen-bond donors (Lipinski definition) is 1. The van der Waals surface area contributed by atoms with Gasteiger partial charge in [-0.3, -0.25) is 0 Å². The highest BCUT2D eigenvalue weighted by Crippen LogP contribution is 2.27. The Bertz CT molecular complexity index is 704. The maximum atomic E-state index is 12.9. The van der Waals surface area contributed by atoms with Gasteiger partial charge < -0.3 is 19.7 Å². The lowest BCUT2D eigenvalue weighted by Crippen LogP contribution is -2.37. The molecule has 0 fully saturated rings. The van der Waals surface area contributed by atoms with E-state index < -0.39 is 0 Å². The quantitative estimate of drug-likeness (QED) is 0.837. The van der Waals surface area contributed by atoms with Crippen molar-refractivity contribution in [2.45, 2.75) is 13.0 Å². The molecule has 0 aliphatic heterocycles. The molecule has 134 valence electrons. The summed E-state index contributed by atoms with van der Waals surface area (Å²) in [5.74, 6) is 1.06. The number of urea groups is 1. The third-order valence-electron chi connectivity index (χ3n) is 3.82. The minimum atomic E-state index is -0.286. The zero-order valence-electron chi connectivity index (χ0n) is 14.7. The molecule has 2 aromatic carbocycles. The van der Waals surface area contributed by atoms with E-state index in [1.807, 2.05) is 18.2 Å². The van der Waals surface area contributed by atoms with Crippen LogP contribution in [0.3, 0.4) is 0 Å². The van der Waals surface area contributed by atoms with Crippen LogP contribution in [-0.2, 0) is 13.0 Å². The molecule has 0 saturated carbocycles. The van der Waals surface area contributed by atoms with Crippen LogP contribution < -0.4 is 14.8 Å². The van der Waals surface area contributed by atoms with Crippen molar-refractivity contribution in [2.75, 3.05) is 27.8 Å². The molecule has 1 N–H and O–H groups in total. The first kappa shape index (κ1) is 18.6. The minimum absolute atomic E-state index is 0.176. The number of ether oxygens (including phenoxy) is 2. The lowest BCUT2D eigenvalue weighted by molar-refractivity contribution is 0.207. The number of carbonyl (C=O) groups is 1. The van der Waals surface area contributed by atoms with Crippen LogP contribution in [0.1, 0.15) is 11.1 Å². The Hall–Kier alpha value is -2.76. The Balaban J connectivity index is 1.82. The van der Waals surface area contributed by atoms with Crippen LogP contribution in [-0.4, -0.2) is 38.7 Å². The molecule has 2 amide bonds. The molecule has 0 radical (unpaired) electrons. The van der Waals surface area contributed by atoms with Crippen molar-refractivity contribution < 1.29 is 18.7 Å². The van der Waals surface area contributed by atoms with Gasteiger partial charge in [0.2, 0.25) is 0 Å². The Labute approximate surface area is 147 Å². The first-order valence-electron chi connectivity index (χ1n) is 7.97. The van der Waals surface area contributed by atoms with E-state index in [4.69, 9.17) is 9.47 Å². The Morgan fingerprint density at radius 1 is 1.04 bits per heavy atom. The van der Waals surface area contributed by atoms with Crippen molar-refractivity contribution in [1.82, 2.24) is 10.2 Å². The number of methoxy groups -OCH3 is 2. The predicted molar refractivity (Wildman–Crippen MR) is 94.5 cm³/mol. The molecule has 6 heteroatoms. The number of nitrogens with one attached hydrogen (secondary N) is 1. The molecule has 25 heavy (non-hydrogen) atoms. The number of carbonyl (C=O) groups excluding carboxylic acids is 1. The normalized spacial score (nSPS) is 10.2. The second-order valence-electron chi connectivity index (χ2n) is 5.65. The molecule has 0 unspecified atom stereocenters. The van der Waals surface area contributed by atoms with Crippen LogP contribution in [0.15, 0.2) is 42.5 Å². The van der Waals surface area contributed by atoms with Crippen LogP contribution in [0, 0.1) is 5.82 Å². The largest absolute Gasteiger partial charge is 0.493 e. The van der Waals surface area contributed by atoms with Crippen molar-refractivity contribution in [3.05, 3.63) is 59.4 Å². The number of halogens is 1. The minimum Gasteiger partial charge on any atom is -0.493 e. The SMILES string of the molecule is COc1ccc(CCNC(=O)N(C)Cc2ccc(F)cc2)cc1OC. The number of nitrogens with zero attached hydrogens (tertiary/aromatic N) is 1. The molecule has 0 atom stereocenters. The molecular formula is C19H23FN2O3. The van der Waals surface area contributed by atoms with Gasteiger partial charge in [0.15, 0.2) is 11.5 Å². The second-order valence-corrected chi connectivity index (χ2v) is 5.65. The van der Waals surface area contributed by atoms with Gasteiger partial charge in [0.05, 0.1) is 14.2 Å². The van der Waals surface area contributed by atoms with E-state index >= 15 is 0 Å². The molecule has 2 rings (SSSR count). The van der Waals surface area contributed by atoms with Crippen molar-refractivity contribution in [3.8, 4) is 11.5 Å². The van der Waals surface area contributed by atoms with E-state index in [1.54, 1.807) is 38.3 Å². The zero-order chi connectivity index (χ0) is 18.2. The third-order valence-corrected chi connectivity index (χ3v) is 3.82. The van der Waals surface area contributed by atoms with Crippen LogP contribution >= 0.6 is 0 Å². The summed E-state index contributed by atoms with van der Waals surface area (Å²) < 4.78 is 23.4. The standard InChI is InChI=1S/C19H23FN2O3/c1-22(13-15-4-7-16(20)8-5-15)19(23)21-11-10-14-6-9-17(24-2)18(12-14)25-3/h4-9,12H,10-11,13H2,1-3H3,(H,21,23). The van der Waals surface area contributed by atoms with Crippen molar-refractivity contribution in [1.29, 1.82) is 0 Å². The van der Waals surface area contributed by atoms with Gasteiger partial charge in [-0.1, -0.05) is 18.2 Å². The van der Waals surface area contributed by atoms with E-state index in [-0.39, 0.29) is 11.8 Å². The van der Waals surface area contributed by atoms with Crippen molar-refractivity contribution in [3.63, 3.8) is 0 Å². The van der Waals surface area contributed by atoms with Crippen LogP contribution in [0.4, 0.5) is 9.18 Å². The smallest absolute Gasteiger partial charge is 0.317 e. The summed E-state index contributed by atoms with van der Waals surface area (Å²) in [6, 6.07) is 11.6. The highest BCUT2D eigenvalue weighted by Gasteiger charge is 2.09. The van der Waals surface area contributed by atoms with Gasteiger partial charge in [0.25, 0.3) is 0 Å². The van der Waals surface area contributed by atoms with Gasteiger partial charge in [-0.25, -0.2) is 9.18 Å². The third kappa shape index (κ3) is 5.38. The average molecular weight is 346 g/mol. The predicted octanol–water partition coefficient (Wildman–Crippen LogP) is 3.23. The van der Waals surface area contributed by atoms with Gasteiger partial charge in [-0.15, -0.1) is 0 Å². The summed E-state index contributed by atoms with van der Waals surface area (Å²) in [7, 11) is 4.89. The van der Waals surface area contributed by atoms with Crippen molar-refractivity contribution in [2.24, 2.45) is 0 Å². The monoisotopic (exact) mass is 346 g/mol. The number of hydrogen-bond acceptors (Lipinski definition) is 3. The molecule has 0 aromatic heterocycles. The summed E-state index contributed by atoms with van der Waals surface area (Å²) in [4.78, 5) is 13.7. The lowest BCUT2D eigenvalue weighted by Gasteiger charge is -2.18. The first-order chi connectivity index (χ1) is 12.0. The molecule has 0 bridgehead atoms. The van der Waals surface area contributed by atoms with E-state index in [0.717, 1.165) is 11.1 Å². The molecule has 0 aliphatic carbocycles. The topological polar surface area (TPSA) is 50.8 Å².